The Hall–Kier alpha value is -1.94. The number of anilines is 1. The predicted octanol–water partition coefficient (Wildman–Crippen LogP) is 1.04. The molecule has 1 aromatic rings. The van der Waals surface area contributed by atoms with E-state index in [4.69, 9.17) is 5.26 Å². The fraction of sp³-hybridized carbons (Fsp3) is 0.417. The van der Waals surface area contributed by atoms with Gasteiger partial charge in [0, 0.05) is 25.1 Å². The molecule has 1 amide bonds. The van der Waals surface area contributed by atoms with Gasteiger partial charge in [-0.1, -0.05) is 11.8 Å². The van der Waals surface area contributed by atoms with E-state index in [1.54, 1.807) is 6.92 Å². The van der Waals surface area contributed by atoms with Gasteiger partial charge < -0.3 is 0 Å². The van der Waals surface area contributed by atoms with Crippen LogP contribution in [0.3, 0.4) is 0 Å². The van der Waals surface area contributed by atoms with E-state index in [1.165, 1.54) is 18.0 Å². The van der Waals surface area contributed by atoms with Crippen LogP contribution in [-0.2, 0) is 9.59 Å². The SMILES string of the molecule is CC(=O)SC1CC(=O)N(c2nc(C)ncc2C#N)C1. The number of amides is 1. The molecule has 19 heavy (non-hydrogen) atoms. The molecule has 0 aromatic carbocycles. The second-order valence-electron chi connectivity index (χ2n) is 4.21. The van der Waals surface area contributed by atoms with Gasteiger partial charge in [0.25, 0.3) is 0 Å². The van der Waals surface area contributed by atoms with Crippen LogP contribution in [0, 0.1) is 18.3 Å². The van der Waals surface area contributed by atoms with Crippen LogP contribution in [-0.4, -0.2) is 32.8 Å². The zero-order valence-corrected chi connectivity index (χ0v) is 11.4. The normalized spacial score (nSPS) is 18.5. The summed E-state index contributed by atoms with van der Waals surface area (Å²) in [5.74, 6) is 0.726. The topological polar surface area (TPSA) is 87.0 Å². The molecule has 0 aliphatic carbocycles. The van der Waals surface area contributed by atoms with Crippen molar-refractivity contribution in [3.63, 3.8) is 0 Å². The summed E-state index contributed by atoms with van der Waals surface area (Å²) in [4.78, 5) is 32.6. The molecule has 98 valence electrons. The average molecular weight is 276 g/mol. The summed E-state index contributed by atoms with van der Waals surface area (Å²) in [6.45, 7) is 3.58. The number of carbonyl (C=O) groups is 2. The lowest BCUT2D eigenvalue weighted by Crippen LogP contribution is -2.27. The smallest absolute Gasteiger partial charge is 0.229 e. The Balaban J connectivity index is 2.28. The van der Waals surface area contributed by atoms with Crippen molar-refractivity contribution >= 4 is 28.6 Å². The van der Waals surface area contributed by atoms with Crippen molar-refractivity contribution in [2.45, 2.75) is 25.5 Å². The van der Waals surface area contributed by atoms with Gasteiger partial charge in [-0.05, 0) is 6.92 Å². The van der Waals surface area contributed by atoms with Gasteiger partial charge in [0.15, 0.2) is 10.9 Å². The maximum Gasteiger partial charge on any atom is 0.229 e. The molecule has 1 saturated heterocycles. The lowest BCUT2D eigenvalue weighted by molar-refractivity contribution is -0.117. The predicted molar refractivity (Wildman–Crippen MR) is 70.5 cm³/mol. The Labute approximate surface area is 114 Å². The number of nitrogens with zero attached hydrogens (tertiary/aromatic N) is 4. The maximum absolute atomic E-state index is 12.0. The van der Waals surface area contributed by atoms with Crippen LogP contribution in [0.25, 0.3) is 0 Å². The van der Waals surface area contributed by atoms with Crippen molar-refractivity contribution in [1.82, 2.24) is 9.97 Å². The first-order valence-corrected chi connectivity index (χ1v) is 6.60. The van der Waals surface area contributed by atoms with E-state index >= 15 is 0 Å². The highest BCUT2D eigenvalue weighted by atomic mass is 32.2. The fourth-order valence-corrected chi connectivity index (χ4v) is 2.85. The van der Waals surface area contributed by atoms with Crippen molar-refractivity contribution in [3.8, 4) is 6.07 Å². The number of rotatable bonds is 2. The third-order valence-corrected chi connectivity index (χ3v) is 3.67. The summed E-state index contributed by atoms with van der Waals surface area (Å²) in [5, 5.41) is 8.95. The van der Waals surface area contributed by atoms with Crippen LogP contribution in [0.2, 0.25) is 0 Å². The molecule has 1 unspecified atom stereocenters. The number of aromatic nitrogens is 2. The van der Waals surface area contributed by atoms with Crippen molar-refractivity contribution < 1.29 is 9.59 Å². The molecule has 0 spiro atoms. The lowest BCUT2D eigenvalue weighted by Gasteiger charge is -2.16. The molecular weight excluding hydrogens is 264 g/mol. The molecule has 2 heterocycles. The summed E-state index contributed by atoms with van der Waals surface area (Å²) in [6, 6.07) is 1.98. The van der Waals surface area contributed by atoms with E-state index in [1.807, 2.05) is 6.07 Å². The Kier molecular flexibility index (Phi) is 3.81. The van der Waals surface area contributed by atoms with E-state index in [2.05, 4.69) is 9.97 Å². The van der Waals surface area contributed by atoms with Gasteiger partial charge in [0.2, 0.25) is 5.91 Å². The second kappa shape index (κ2) is 5.36. The molecule has 0 radical (unpaired) electrons. The number of aryl methyl sites for hydroxylation is 1. The molecule has 1 aromatic heterocycles. The molecule has 1 fully saturated rings. The highest BCUT2D eigenvalue weighted by molar-refractivity contribution is 8.14. The first kappa shape index (κ1) is 13.5. The number of carbonyl (C=O) groups excluding carboxylic acids is 2. The minimum atomic E-state index is -0.117. The highest BCUT2D eigenvalue weighted by Gasteiger charge is 2.34. The molecule has 0 saturated carbocycles. The minimum Gasteiger partial charge on any atom is -0.294 e. The zero-order chi connectivity index (χ0) is 14.0. The average Bonchev–Trinajstić information content (AvgIpc) is 2.69. The quantitative estimate of drug-likeness (QED) is 0.802. The third-order valence-electron chi connectivity index (χ3n) is 2.69. The Bertz CT molecular complexity index is 582. The van der Waals surface area contributed by atoms with E-state index in [0.29, 0.717) is 18.2 Å². The number of hydrogen-bond donors (Lipinski definition) is 0. The van der Waals surface area contributed by atoms with Gasteiger partial charge in [-0.15, -0.1) is 0 Å². The molecule has 0 N–H and O–H groups in total. The zero-order valence-electron chi connectivity index (χ0n) is 10.6. The van der Waals surface area contributed by atoms with Crippen LogP contribution < -0.4 is 4.90 Å². The Morgan fingerprint density at radius 1 is 1.63 bits per heavy atom. The van der Waals surface area contributed by atoms with Crippen molar-refractivity contribution in [3.05, 3.63) is 17.6 Å². The maximum atomic E-state index is 12.0. The summed E-state index contributed by atoms with van der Waals surface area (Å²) in [7, 11) is 0. The molecule has 6 nitrogen and oxygen atoms in total. The largest absolute Gasteiger partial charge is 0.294 e. The third kappa shape index (κ3) is 2.90. The molecule has 1 aliphatic heterocycles. The molecule has 7 heteroatoms. The van der Waals surface area contributed by atoms with Crippen LogP contribution in [0.5, 0.6) is 0 Å². The van der Waals surface area contributed by atoms with Gasteiger partial charge in [-0.25, -0.2) is 9.97 Å². The summed E-state index contributed by atoms with van der Waals surface area (Å²) >= 11 is 1.15. The van der Waals surface area contributed by atoms with E-state index < -0.39 is 0 Å². The van der Waals surface area contributed by atoms with Gasteiger partial charge >= 0.3 is 0 Å². The monoisotopic (exact) mass is 276 g/mol. The van der Waals surface area contributed by atoms with Crippen LogP contribution in [0.4, 0.5) is 5.82 Å². The Morgan fingerprint density at radius 3 is 3.00 bits per heavy atom. The molecule has 1 atom stereocenters. The fourth-order valence-electron chi connectivity index (χ4n) is 1.94. The first-order valence-electron chi connectivity index (χ1n) is 5.72. The van der Waals surface area contributed by atoms with Gasteiger partial charge in [0.05, 0.1) is 6.20 Å². The van der Waals surface area contributed by atoms with Gasteiger partial charge in [0.1, 0.15) is 17.5 Å². The van der Waals surface area contributed by atoms with E-state index in [0.717, 1.165) is 11.8 Å². The summed E-state index contributed by atoms with van der Waals surface area (Å²) in [5.41, 5.74) is 0.271. The van der Waals surface area contributed by atoms with E-state index in [9.17, 15) is 9.59 Å². The van der Waals surface area contributed by atoms with E-state index in [-0.39, 0.29) is 28.3 Å². The van der Waals surface area contributed by atoms with Crippen molar-refractivity contribution in [1.29, 1.82) is 5.26 Å². The number of hydrogen-bond acceptors (Lipinski definition) is 6. The van der Waals surface area contributed by atoms with Gasteiger partial charge in [-0.3, -0.25) is 14.5 Å². The van der Waals surface area contributed by atoms with Crippen molar-refractivity contribution in [2.75, 3.05) is 11.4 Å². The Morgan fingerprint density at radius 2 is 2.37 bits per heavy atom. The highest BCUT2D eigenvalue weighted by Crippen LogP contribution is 2.29. The van der Waals surface area contributed by atoms with Gasteiger partial charge in [-0.2, -0.15) is 5.26 Å². The minimum absolute atomic E-state index is 0.0148. The summed E-state index contributed by atoms with van der Waals surface area (Å²) in [6.07, 6.45) is 1.70. The second-order valence-corrected chi connectivity index (χ2v) is 5.68. The molecular formula is C12H12N4O2S. The first-order chi connectivity index (χ1) is 9.01. The van der Waals surface area contributed by atoms with Crippen LogP contribution in [0.1, 0.15) is 24.7 Å². The molecule has 2 rings (SSSR count). The summed E-state index contributed by atoms with van der Waals surface area (Å²) < 4.78 is 0. The lowest BCUT2D eigenvalue weighted by atomic mass is 10.3. The van der Waals surface area contributed by atoms with Crippen LogP contribution in [0.15, 0.2) is 6.20 Å². The molecule has 0 bridgehead atoms. The number of thioether (sulfide) groups is 1. The molecule has 1 aliphatic rings. The standard InChI is InChI=1S/C12H12N4O2S/c1-7-14-5-9(4-13)12(15-7)16-6-10(3-11(16)18)19-8(2)17/h5,10H,3,6H2,1-2H3. The number of nitriles is 1. The van der Waals surface area contributed by atoms with Crippen LogP contribution >= 0.6 is 11.8 Å². The van der Waals surface area contributed by atoms with Crippen molar-refractivity contribution in [2.24, 2.45) is 0 Å².